The molecule has 0 saturated carbocycles. The van der Waals surface area contributed by atoms with Gasteiger partial charge >= 0.3 is 5.97 Å². The summed E-state index contributed by atoms with van der Waals surface area (Å²) in [6.45, 7) is 2.89. The normalized spacial score (nSPS) is 19.3. The second-order valence-corrected chi connectivity index (χ2v) is 4.16. The van der Waals surface area contributed by atoms with Gasteiger partial charge in [-0.2, -0.15) is 0 Å². The standard InChI is InChI=1S/C14H18O4/c1-2-16-14(15)11-6-5-7-12(10-11)18-13-8-3-4-9-17-13/h5-7,10,13H,2-4,8-9H2,1H3. The van der Waals surface area contributed by atoms with Crippen LogP contribution in [0.1, 0.15) is 36.5 Å². The largest absolute Gasteiger partial charge is 0.465 e. The molecule has 0 bridgehead atoms. The molecule has 1 aromatic carbocycles. The van der Waals surface area contributed by atoms with Crippen LogP contribution in [0, 0.1) is 0 Å². The van der Waals surface area contributed by atoms with Crippen LogP contribution in [0.3, 0.4) is 0 Å². The van der Waals surface area contributed by atoms with Crippen LogP contribution in [0.25, 0.3) is 0 Å². The van der Waals surface area contributed by atoms with Gasteiger partial charge in [-0.25, -0.2) is 4.79 Å². The van der Waals surface area contributed by atoms with Gasteiger partial charge < -0.3 is 14.2 Å². The van der Waals surface area contributed by atoms with Gasteiger partial charge in [-0.05, 0) is 38.0 Å². The molecule has 0 aromatic heterocycles. The average molecular weight is 250 g/mol. The van der Waals surface area contributed by atoms with Crippen molar-refractivity contribution in [3.05, 3.63) is 29.8 Å². The summed E-state index contributed by atoms with van der Waals surface area (Å²) in [5.74, 6) is 0.319. The SMILES string of the molecule is CCOC(=O)c1cccc(OC2CCCCO2)c1. The summed E-state index contributed by atoms with van der Waals surface area (Å²) in [6, 6.07) is 7.01. The molecule has 1 aliphatic rings. The molecule has 1 unspecified atom stereocenters. The van der Waals surface area contributed by atoms with Crippen LogP contribution in [-0.2, 0) is 9.47 Å². The molecule has 1 heterocycles. The highest BCUT2D eigenvalue weighted by molar-refractivity contribution is 5.89. The molecule has 4 nitrogen and oxygen atoms in total. The summed E-state index contributed by atoms with van der Waals surface area (Å²) in [7, 11) is 0. The zero-order chi connectivity index (χ0) is 12.8. The zero-order valence-electron chi connectivity index (χ0n) is 10.6. The maximum absolute atomic E-state index is 11.6. The summed E-state index contributed by atoms with van der Waals surface area (Å²) in [5, 5.41) is 0. The van der Waals surface area contributed by atoms with E-state index in [1.54, 1.807) is 25.1 Å². The summed E-state index contributed by atoms with van der Waals surface area (Å²) >= 11 is 0. The van der Waals surface area contributed by atoms with Crippen molar-refractivity contribution in [3.8, 4) is 5.75 Å². The molecular formula is C14H18O4. The number of carbonyl (C=O) groups excluding carboxylic acids is 1. The third-order valence-electron chi connectivity index (χ3n) is 2.75. The predicted molar refractivity (Wildman–Crippen MR) is 66.6 cm³/mol. The lowest BCUT2D eigenvalue weighted by molar-refractivity contribution is -0.105. The van der Waals surface area contributed by atoms with Crippen molar-refractivity contribution in [2.45, 2.75) is 32.5 Å². The minimum absolute atomic E-state index is 0.198. The first-order valence-electron chi connectivity index (χ1n) is 6.35. The molecule has 18 heavy (non-hydrogen) atoms. The number of hydrogen-bond donors (Lipinski definition) is 0. The number of rotatable bonds is 4. The molecule has 0 radical (unpaired) electrons. The fraction of sp³-hybridized carbons (Fsp3) is 0.500. The first-order valence-corrected chi connectivity index (χ1v) is 6.35. The first-order chi connectivity index (χ1) is 8.79. The van der Waals surface area contributed by atoms with Crippen molar-refractivity contribution in [3.63, 3.8) is 0 Å². The molecular weight excluding hydrogens is 232 g/mol. The summed E-state index contributed by atoms with van der Waals surface area (Å²) in [4.78, 5) is 11.6. The van der Waals surface area contributed by atoms with Gasteiger partial charge in [0.15, 0.2) is 6.29 Å². The molecule has 1 aromatic rings. The number of ether oxygens (including phenoxy) is 3. The molecule has 1 saturated heterocycles. The molecule has 0 spiro atoms. The van der Waals surface area contributed by atoms with Gasteiger partial charge in [0, 0.05) is 6.42 Å². The van der Waals surface area contributed by atoms with E-state index in [1.165, 1.54) is 0 Å². The van der Waals surface area contributed by atoms with E-state index in [0.29, 0.717) is 17.9 Å². The van der Waals surface area contributed by atoms with E-state index in [1.807, 2.05) is 6.07 Å². The molecule has 0 aliphatic carbocycles. The minimum atomic E-state index is -0.326. The van der Waals surface area contributed by atoms with E-state index in [2.05, 4.69) is 0 Å². The molecule has 0 amide bonds. The van der Waals surface area contributed by atoms with Crippen LogP contribution in [0.5, 0.6) is 5.75 Å². The van der Waals surface area contributed by atoms with Crippen LogP contribution >= 0.6 is 0 Å². The van der Waals surface area contributed by atoms with E-state index in [-0.39, 0.29) is 12.3 Å². The molecule has 1 fully saturated rings. The van der Waals surface area contributed by atoms with E-state index in [0.717, 1.165) is 25.9 Å². The number of carbonyl (C=O) groups is 1. The smallest absolute Gasteiger partial charge is 0.338 e. The van der Waals surface area contributed by atoms with E-state index in [9.17, 15) is 4.79 Å². The summed E-state index contributed by atoms with van der Waals surface area (Å²) in [6.07, 6.45) is 2.89. The third-order valence-corrected chi connectivity index (χ3v) is 2.75. The highest BCUT2D eigenvalue weighted by Gasteiger charge is 2.16. The van der Waals surface area contributed by atoms with Crippen LogP contribution in [0.15, 0.2) is 24.3 Å². The van der Waals surface area contributed by atoms with Crippen molar-refractivity contribution in [1.82, 2.24) is 0 Å². The Kier molecular flexibility index (Phi) is 4.59. The maximum Gasteiger partial charge on any atom is 0.338 e. The van der Waals surface area contributed by atoms with Crippen molar-refractivity contribution in [1.29, 1.82) is 0 Å². The predicted octanol–water partition coefficient (Wildman–Crippen LogP) is 2.77. The summed E-state index contributed by atoms with van der Waals surface area (Å²) < 4.78 is 16.1. The van der Waals surface area contributed by atoms with Crippen LogP contribution in [0.2, 0.25) is 0 Å². The van der Waals surface area contributed by atoms with E-state index in [4.69, 9.17) is 14.2 Å². The second-order valence-electron chi connectivity index (χ2n) is 4.16. The average Bonchev–Trinajstić information content (AvgIpc) is 2.40. The Labute approximate surface area is 107 Å². The van der Waals surface area contributed by atoms with Crippen molar-refractivity contribution in [2.24, 2.45) is 0 Å². The maximum atomic E-state index is 11.6. The Morgan fingerprint density at radius 1 is 1.44 bits per heavy atom. The fourth-order valence-electron chi connectivity index (χ4n) is 1.87. The lowest BCUT2D eigenvalue weighted by Crippen LogP contribution is -2.25. The van der Waals surface area contributed by atoms with Gasteiger partial charge in [0.25, 0.3) is 0 Å². The molecule has 2 rings (SSSR count). The molecule has 1 atom stereocenters. The Bertz CT molecular complexity index is 397. The Hall–Kier alpha value is -1.55. The first kappa shape index (κ1) is 12.9. The van der Waals surface area contributed by atoms with Gasteiger partial charge in [-0.1, -0.05) is 6.07 Å². The number of hydrogen-bond acceptors (Lipinski definition) is 4. The Morgan fingerprint density at radius 2 is 2.33 bits per heavy atom. The van der Waals surface area contributed by atoms with Crippen molar-refractivity contribution in [2.75, 3.05) is 13.2 Å². The van der Waals surface area contributed by atoms with Gasteiger partial charge in [-0.15, -0.1) is 0 Å². The van der Waals surface area contributed by atoms with E-state index >= 15 is 0 Å². The summed E-state index contributed by atoms with van der Waals surface area (Å²) in [5.41, 5.74) is 0.505. The minimum Gasteiger partial charge on any atom is -0.465 e. The Balaban J connectivity index is 2.00. The van der Waals surface area contributed by atoms with Crippen LogP contribution in [-0.4, -0.2) is 25.5 Å². The highest BCUT2D eigenvalue weighted by Crippen LogP contribution is 2.20. The quantitative estimate of drug-likeness (QED) is 0.771. The van der Waals surface area contributed by atoms with Gasteiger partial charge in [0.05, 0.1) is 18.8 Å². The number of benzene rings is 1. The van der Waals surface area contributed by atoms with Crippen molar-refractivity contribution < 1.29 is 19.0 Å². The Morgan fingerprint density at radius 3 is 3.06 bits per heavy atom. The lowest BCUT2D eigenvalue weighted by Gasteiger charge is -2.23. The second kappa shape index (κ2) is 6.40. The van der Waals surface area contributed by atoms with Gasteiger partial charge in [-0.3, -0.25) is 0 Å². The molecule has 98 valence electrons. The van der Waals surface area contributed by atoms with E-state index < -0.39 is 0 Å². The zero-order valence-corrected chi connectivity index (χ0v) is 10.6. The number of esters is 1. The molecule has 4 heteroatoms. The van der Waals surface area contributed by atoms with Crippen molar-refractivity contribution >= 4 is 5.97 Å². The molecule has 0 N–H and O–H groups in total. The molecule has 1 aliphatic heterocycles. The monoisotopic (exact) mass is 250 g/mol. The lowest BCUT2D eigenvalue weighted by atomic mass is 10.2. The van der Waals surface area contributed by atoms with Gasteiger partial charge in [0.2, 0.25) is 0 Å². The third kappa shape index (κ3) is 3.47. The topological polar surface area (TPSA) is 44.8 Å². The highest BCUT2D eigenvalue weighted by atomic mass is 16.7. The van der Waals surface area contributed by atoms with Crippen LogP contribution in [0.4, 0.5) is 0 Å². The van der Waals surface area contributed by atoms with Gasteiger partial charge in [0.1, 0.15) is 5.75 Å². The van der Waals surface area contributed by atoms with Crippen LogP contribution < -0.4 is 4.74 Å². The fourth-order valence-corrected chi connectivity index (χ4v) is 1.87.